The van der Waals surface area contributed by atoms with E-state index in [1.807, 2.05) is 6.92 Å². The van der Waals surface area contributed by atoms with Crippen molar-refractivity contribution in [2.24, 2.45) is 0 Å². The minimum Gasteiger partial charge on any atom is -0.272 e. The van der Waals surface area contributed by atoms with Crippen LogP contribution in [0.4, 0.5) is 8.78 Å². The Kier molecular flexibility index (Phi) is 4.19. The van der Waals surface area contributed by atoms with Crippen LogP contribution in [0, 0.1) is 0 Å². The lowest BCUT2D eigenvalue weighted by molar-refractivity contribution is 0.0307. The molecule has 0 saturated carbocycles. The molecule has 0 atom stereocenters. The maximum atomic E-state index is 15.4. The van der Waals surface area contributed by atoms with Crippen LogP contribution in [0.25, 0.3) is 27.9 Å². The fourth-order valence-electron chi connectivity index (χ4n) is 3.27. The van der Waals surface area contributed by atoms with Crippen LogP contribution in [0.1, 0.15) is 24.7 Å². The van der Waals surface area contributed by atoms with Gasteiger partial charge in [0.15, 0.2) is 0 Å². The highest BCUT2D eigenvalue weighted by atomic mass is 19.3. The first-order valence-electron chi connectivity index (χ1n) is 9.41. The topological polar surface area (TPSA) is 86.7 Å². The van der Waals surface area contributed by atoms with E-state index in [0.717, 1.165) is 17.5 Å². The van der Waals surface area contributed by atoms with E-state index < -0.39 is 11.7 Å². The molecule has 1 aromatic carbocycles. The van der Waals surface area contributed by atoms with E-state index in [9.17, 15) is 0 Å². The number of pyridine rings is 1. The van der Waals surface area contributed by atoms with Gasteiger partial charge in [-0.25, -0.2) is 4.98 Å². The molecule has 0 bridgehead atoms. The van der Waals surface area contributed by atoms with Gasteiger partial charge < -0.3 is 0 Å². The second-order valence-electron chi connectivity index (χ2n) is 6.86. The Balaban J connectivity index is 1.60. The summed E-state index contributed by atoms with van der Waals surface area (Å²) in [6, 6.07) is 7.72. The Bertz CT molecular complexity index is 1360. The second kappa shape index (κ2) is 6.90. The normalized spacial score (nSPS) is 12.1. The van der Waals surface area contributed by atoms with Crippen LogP contribution in [0.2, 0.25) is 0 Å². The van der Waals surface area contributed by atoms with Crippen LogP contribution in [-0.4, -0.2) is 39.6 Å². The average molecular weight is 406 g/mol. The molecule has 0 saturated heterocycles. The molecule has 4 heterocycles. The summed E-state index contributed by atoms with van der Waals surface area (Å²) in [6.07, 6.45) is 7.45. The molecule has 150 valence electrons. The average Bonchev–Trinajstić information content (AvgIpc) is 3.40. The number of benzene rings is 1. The molecule has 0 spiro atoms. The Morgan fingerprint density at radius 1 is 1.07 bits per heavy atom. The van der Waals surface area contributed by atoms with Gasteiger partial charge in [0, 0.05) is 35.5 Å². The van der Waals surface area contributed by atoms with E-state index >= 15 is 8.78 Å². The standard InChI is InChI=1S/C20H16F2N8/c1-2-8-29-12-14(10-25-29)17-11-24-19-27-26-18(30(19)28-17)20(21,22)15-5-6-16-13(9-15)4-3-7-23-16/h3-7,9-12H,2,8H2,1H3. The van der Waals surface area contributed by atoms with Gasteiger partial charge in [0.05, 0.1) is 17.9 Å². The second-order valence-corrected chi connectivity index (χ2v) is 6.86. The van der Waals surface area contributed by atoms with E-state index in [4.69, 9.17) is 0 Å². The first-order valence-corrected chi connectivity index (χ1v) is 9.41. The molecule has 0 N–H and O–H groups in total. The number of nitrogens with zero attached hydrogens (tertiary/aromatic N) is 8. The number of aryl methyl sites for hydroxylation is 1. The summed E-state index contributed by atoms with van der Waals surface area (Å²) in [4.78, 5) is 8.31. The van der Waals surface area contributed by atoms with Crippen molar-refractivity contribution in [3.05, 3.63) is 66.5 Å². The number of aromatic nitrogens is 8. The number of halogens is 2. The van der Waals surface area contributed by atoms with Crippen LogP contribution >= 0.6 is 0 Å². The quantitative estimate of drug-likeness (QED) is 0.444. The van der Waals surface area contributed by atoms with Gasteiger partial charge in [-0.05, 0) is 24.6 Å². The van der Waals surface area contributed by atoms with E-state index in [-0.39, 0.29) is 11.3 Å². The summed E-state index contributed by atoms with van der Waals surface area (Å²) in [7, 11) is 0. The van der Waals surface area contributed by atoms with E-state index in [2.05, 4.69) is 30.4 Å². The van der Waals surface area contributed by atoms with Crippen molar-refractivity contribution in [3.63, 3.8) is 0 Å². The molecule has 0 unspecified atom stereocenters. The molecule has 4 aromatic heterocycles. The molecule has 0 amide bonds. The van der Waals surface area contributed by atoms with E-state index in [1.165, 1.54) is 18.3 Å². The van der Waals surface area contributed by atoms with Gasteiger partial charge in [0.1, 0.15) is 5.69 Å². The monoisotopic (exact) mass is 406 g/mol. The Labute approximate surface area is 169 Å². The van der Waals surface area contributed by atoms with E-state index in [0.29, 0.717) is 22.2 Å². The third-order valence-corrected chi connectivity index (χ3v) is 4.76. The van der Waals surface area contributed by atoms with Crippen LogP contribution in [0.15, 0.2) is 55.1 Å². The first-order chi connectivity index (χ1) is 14.6. The Morgan fingerprint density at radius 3 is 2.83 bits per heavy atom. The maximum absolute atomic E-state index is 15.4. The van der Waals surface area contributed by atoms with Gasteiger partial charge >= 0.3 is 5.92 Å². The SMILES string of the molecule is CCCn1cc(-c2cnc3nnc(C(F)(F)c4ccc5ncccc5c4)n3n2)cn1. The summed E-state index contributed by atoms with van der Waals surface area (Å²) in [5.41, 5.74) is 1.50. The molecule has 0 aliphatic rings. The van der Waals surface area contributed by atoms with Crippen LogP contribution in [0.3, 0.4) is 0 Å². The fraction of sp³-hybridized carbons (Fsp3) is 0.200. The van der Waals surface area contributed by atoms with E-state index in [1.54, 1.807) is 41.5 Å². The molecule has 8 nitrogen and oxygen atoms in total. The van der Waals surface area contributed by atoms with Crippen LogP contribution in [-0.2, 0) is 12.5 Å². The lowest BCUT2D eigenvalue weighted by Gasteiger charge is -2.15. The molecular formula is C20H16F2N8. The lowest BCUT2D eigenvalue weighted by atomic mass is 10.0. The van der Waals surface area contributed by atoms with Gasteiger partial charge in [-0.3, -0.25) is 9.67 Å². The largest absolute Gasteiger partial charge is 0.333 e. The van der Waals surface area contributed by atoms with Crippen molar-refractivity contribution in [3.8, 4) is 11.3 Å². The molecule has 10 heteroatoms. The van der Waals surface area contributed by atoms with Crippen molar-refractivity contribution in [1.82, 2.24) is 39.6 Å². The van der Waals surface area contributed by atoms with Crippen LogP contribution in [0.5, 0.6) is 0 Å². The maximum Gasteiger partial charge on any atom is 0.333 e. The molecule has 0 fully saturated rings. The zero-order valence-corrected chi connectivity index (χ0v) is 15.9. The zero-order chi connectivity index (χ0) is 20.7. The number of hydrogen-bond donors (Lipinski definition) is 0. The molecule has 0 aliphatic heterocycles. The van der Waals surface area contributed by atoms with Gasteiger partial charge in [-0.1, -0.05) is 19.1 Å². The predicted octanol–water partition coefficient (Wildman–Crippen LogP) is 3.48. The van der Waals surface area contributed by atoms with Crippen molar-refractivity contribution < 1.29 is 8.78 Å². The van der Waals surface area contributed by atoms with Gasteiger partial charge in [0.2, 0.25) is 5.82 Å². The number of alkyl halides is 2. The summed E-state index contributed by atoms with van der Waals surface area (Å²) in [6.45, 7) is 2.80. The highest BCUT2D eigenvalue weighted by Gasteiger charge is 2.40. The van der Waals surface area contributed by atoms with Gasteiger partial charge in [0.25, 0.3) is 5.78 Å². The first kappa shape index (κ1) is 18.2. The lowest BCUT2D eigenvalue weighted by Crippen LogP contribution is -2.20. The smallest absolute Gasteiger partial charge is 0.272 e. The molecule has 0 aliphatic carbocycles. The zero-order valence-electron chi connectivity index (χ0n) is 15.9. The van der Waals surface area contributed by atoms with Crippen molar-refractivity contribution in [2.75, 3.05) is 0 Å². The van der Waals surface area contributed by atoms with Gasteiger partial charge in [-0.15, -0.1) is 10.2 Å². The Morgan fingerprint density at radius 2 is 1.97 bits per heavy atom. The predicted molar refractivity (Wildman–Crippen MR) is 105 cm³/mol. The molecule has 5 aromatic rings. The minimum atomic E-state index is -3.43. The fourth-order valence-corrected chi connectivity index (χ4v) is 3.27. The van der Waals surface area contributed by atoms with Crippen molar-refractivity contribution >= 4 is 16.7 Å². The minimum absolute atomic E-state index is 0.00293. The summed E-state index contributed by atoms with van der Waals surface area (Å²) in [5.74, 6) is -4.03. The molecule has 30 heavy (non-hydrogen) atoms. The highest BCUT2D eigenvalue weighted by Crippen LogP contribution is 2.35. The number of hydrogen-bond acceptors (Lipinski definition) is 6. The summed E-state index contributed by atoms with van der Waals surface area (Å²) < 4.78 is 33.5. The molecule has 5 rings (SSSR count). The number of fused-ring (bicyclic) bond motifs is 2. The summed E-state index contributed by atoms with van der Waals surface area (Å²) in [5, 5.41) is 16.6. The third-order valence-electron chi connectivity index (χ3n) is 4.76. The summed E-state index contributed by atoms with van der Waals surface area (Å²) >= 11 is 0. The Hall–Kier alpha value is -3.82. The van der Waals surface area contributed by atoms with Crippen molar-refractivity contribution in [2.45, 2.75) is 25.8 Å². The third kappa shape index (κ3) is 2.97. The highest BCUT2D eigenvalue weighted by molar-refractivity contribution is 5.79. The van der Waals surface area contributed by atoms with Crippen molar-refractivity contribution in [1.29, 1.82) is 0 Å². The molecular weight excluding hydrogens is 390 g/mol. The van der Waals surface area contributed by atoms with Crippen LogP contribution < -0.4 is 0 Å². The molecule has 0 radical (unpaired) electrons. The number of rotatable bonds is 5. The van der Waals surface area contributed by atoms with Gasteiger partial charge in [-0.2, -0.15) is 23.5 Å².